The Morgan fingerprint density at radius 3 is 2.89 bits per heavy atom. The highest BCUT2D eigenvalue weighted by Crippen LogP contribution is 2.23. The number of morpholine rings is 1. The molecule has 7 nitrogen and oxygen atoms in total. The Labute approximate surface area is 161 Å². The number of nitrogens with zero attached hydrogens (tertiary/aromatic N) is 4. The first kappa shape index (κ1) is 18.8. The monoisotopic (exact) mass is 373 g/mol. The maximum absolute atomic E-state index is 12.8. The molecule has 0 aromatic carbocycles. The number of hydrogen-bond acceptors (Lipinski definition) is 6. The lowest BCUT2D eigenvalue weighted by Crippen LogP contribution is -2.50. The first-order valence-electron chi connectivity index (χ1n) is 10.3. The zero-order valence-corrected chi connectivity index (χ0v) is 16.5. The van der Waals surface area contributed by atoms with Crippen molar-refractivity contribution in [1.29, 1.82) is 0 Å². The summed E-state index contributed by atoms with van der Waals surface area (Å²) < 4.78 is 5.76. The van der Waals surface area contributed by atoms with Crippen LogP contribution < -0.4 is 5.32 Å². The first-order valence-corrected chi connectivity index (χ1v) is 10.3. The molecule has 0 bridgehead atoms. The molecule has 4 heterocycles. The molecule has 2 saturated heterocycles. The summed E-state index contributed by atoms with van der Waals surface area (Å²) in [5.41, 5.74) is 2.23. The second-order valence-electron chi connectivity index (χ2n) is 8.26. The number of carbonyl (C=O) groups is 1. The molecular formula is C20H31N5O2. The van der Waals surface area contributed by atoms with Crippen LogP contribution in [0, 0.1) is 0 Å². The van der Waals surface area contributed by atoms with E-state index in [1.165, 1.54) is 6.42 Å². The molecule has 0 aliphatic carbocycles. The number of aromatic nitrogens is 2. The van der Waals surface area contributed by atoms with E-state index in [2.05, 4.69) is 29.0 Å². The van der Waals surface area contributed by atoms with Crippen molar-refractivity contribution in [3.63, 3.8) is 0 Å². The van der Waals surface area contributed by atoms with E-state index in [9.17, 15) is 4.79 Å². The Bertz CT molecular complexity index is 666. The van der Waals surface area contributed by atoms with Gasteiger partial charge >= 0.3 is 0 Å². The van der Waals surface area contributed by atoms with E-state index in [0.717, 1.165) is 62.6 Å². The topological polar surface area (TPSA) is 70.6 Å². The first-order chi connectivity index (χ1) is 13.1. The standard InChI is InChI=1S/C20H31N5O2/c1-14-10-24(11-15(2)27-14)13-19(26)25-7-5-18-17(12-25)9-22-20(23-18)16-4-3-6-21-8-16/h9,14-16,21H,3-8,10-13H2,1-2H3/t14-,15-,16-/m1/s1. The van der Waals surface area contributed by atoms with Gasteiger partial charge in [0.1, 0.15) is 5.82 Å². The van der Waals surface area contributed by atoms with E-state index in [1.54, 1.807) is 0 Å². The molecule has 3 aliphatic heterocycles. The number of amides is 1. The molecule has 7 heteroatoms. The summed E-state index contributed by atoms with van der Waals surface area (Å²) in [5.74, 6) is 1.59. The minimum absolute atomic E-state index is 0.185. The predicted molar refractivity (Wildman–Crippen MR) is 102 cm³/mol. The van der Waals surface area contributed by atoms with E-state index in [1.807, 2.05) is 11.1 Å². The average Bonchev–Trinajstić information content (AvgIpc) is 2.67. The summed E-state index contributed by atoms with van der Waals surface area (Å²) in [7, 11) is 0. The molecule has 1 aromatic rings. The summed E-state index contributed by atoms with van der Waals surface area (Å²) in [5, 5.41) is 3.43. The van der Waals surface area contributed by atoms with E-state index in [0.29, 0.717) is 19.0 Å². The minimum Gasteiger partial charge on any atom is -0.373 e. The summed E-state index contributed by atoms with van der Waals surface area (Å²) in [6, 6.07) is 0. The van der Waals surface area contributed by atoms with Crippen LogP contribution in [-0.4, -0.2) is 77.2 Å². The summed E-state index contributed by atoms with van der Waals surface area (Å²) in [6.07, 6.45) is 5.49. The molecule has 27 heavy (non-hydrogen) atoms. The number of nitrogens with one attached hydrogen (secondary N) is 1. The lowest BCUT2D eigenvalue weighted by molar-refractivity contribution is -0.136. The maximum Gasteiger partial charge on any atom is 0.237 e. The van der Waals surface area contributed by atoms with Gasteiger partial charge in [0.05, 0.1) is 24.4 Å². The van der Waals surface area contributed by atoms with Crippen molar-refractivity contribution in [3.05, 3.63) is 23.3 Å². The van der Waals surface area contributed by atoms with Crippen LogP contribution in [0.2, 0.25) is 0 Å². The van der Waals surface area contributed by atoms with Crippen molar-refractivity contribution in [2.45, 2.75) is 57.8 Å². The van der Waals surface area contributed by atoms with Crippen molar-refractivity contribution in [2.24, 2.45) is 0 Å². The van der Waals surface area contributed by atoms with E-state index < -0.39 is 0 Å². The Balaban J connectivity index is 1.37. The second-order valence-corrected chi connectivity index (χ2v) is 8.26. The highest BCUT2D eigenvalue weighted by atomic mass is 16.5. The normalized spacial score (nSPS) is 29.4. The van der Waals surface area contributed by atoms with Crippen LogP contribution in [0.15, 0.2) is 6.20 Å². The smallest absolute Gasteiger partial charge is 0.237 e. The largest absolute Gasteiger partial charge is 0.373 e. The number of ether oxygens (including phenoxy) is 1. The predicted octanol–water partition coefficient (Wildman–Crippen LogP) is 0.938. The lowest BCUT2D eigenvalue weighted by Gasteiger charge is -2.36. The van der Waals surface area contributed by atoms with Gasteiger partial charge in [-0.05, 0) is 33.2 Å². The SMILES string of the molecule is C[C@@H]1CN(CC(=O)N2CCc3nc([C@@H]4CCCNC4)ncc3C2)C[C@@H](C)O1. The van der Waals surface area contributed by atoms with Crippen molar-refractivity contribution in [2.75, 3.05) is 39.3 Å². The summed E-state index contributed by atoms with van der Waals surface area (Å²) in [6.45, 7) is 9.71. The van der Waals surface area contributed by atoms with Gasteiger partial charge in [0.15, 0.2) is 0 Å². The quantitative estimate of drug-likeness (QED) is 0.850. The minimum atomic E-state index is 0.185. The zero-order valence-electron chi connectivity index (χ0n) is 16.5. The third-order valence-electron chi connectivity index (χ3n) is 5.82. The Morgan fingerprint density at radius 1 is 1.33 bits per heavy atom. The van der Waals surface area contributed by atoms with E-state index in [4.69, 9.17) is 9.72 Å². The molecule has 0 radical (unpaired) electrons. The van der Waals surface area contributed by atoms with Crippen LogP contribution >= 0.6 is 0 Å². The van der Waals surface area contributed by atoms with Gasteiger partial charge in [0.25, 0.3) is 0 Å². The molecule has 3 aliphatic rings. The Morgan fingerprint density at radius 2 is 2.15 bits per heavy atom. The highest BCUT2D eigenvalue weighted by molar-refractivity contribution is 5.78. The molecule has 2 fully saturated rings. The van der Waals surface area contributed by atoms with E-state index >= 15 is 0 Å². The van der Waals surface area contributed by atoms with E-state index in [-0.39, 0.29) is 18.1 Å². The fourth-order valence-corrected chi connectivity index (χ4v) is 4.52. The van der Waals surface area contributed by atoms with Crippen molar-refractivity contribution in [3.8, 4) is 0 Å². The van der Waals surface area contributed by atoms with Gasteiger partial charge in [0.2, 0.25) is 5.91 Å². The molecule has 0 spiro atoms. The molecule has 1 N–H and O–H groups in total. The zero-order chi connectivity index (χ0) is 18.8. The number of fused-ring (bicyclic) bond motifs is 1. The Hall–Kier alpha value is -1.57. The van der Waals surface area contributed by atoms with Crippen molar-refractivity contribution >= 4 is 5.91 Å². The number of hydrogen-bond donors (Lipinski definition) is 1. The molecule has 1 amide bonds. The molecule has 1 aromatic heterocycles. The average molecular weight is 374 g/mol. The van der Waals surface area contributed by atoms with Crippen LogP contribution in [0.1, 0.15) is 49.7 Å². The molecule has 0 unspecified atom stereocenters. The van der Waals surface area contributed by atoms with Crippen LogP contribution in [-0.2, 0) is 22.5 Å². The van der Waals surface area contributed by atoms with Gasteiger partial charge in [-0.15, -0.1) is 0 Å². The summed E-state index contributed by atoms with van der Waals surface area (Å²) >= 11 is 0. The number of carbonyl (C=O) groups excluding carboxylic acids is 1. The molecule has 3 atom stereocenters. The van der Waals surface area contributed by atoms with Crippen LogP contribution in [0.4, 0.5) is 0 Å². The molecular weight excluding hydrogens is 342 g/mol. The van der Waals surface area contributed by atoms with Crippen molar-refractivity contribution in [1.82, 2.24) is 25.1 Å². The maximum atomic E-state index is 12.8. The Kier molecular flexibility index (Phi) is 5.71. The van der Waals surface area contributed by atoms with Crippen LogP contribution in [0.25, 0.3) is 0 Å². The van der Waals surface area contributed by atoms with Crippen LogP contribution in [0.5, 0.6) is 0 Å². The molecule has 148 valence electrons. The fraction of sp³-hybridized carbons (Fsp3) is 0.750. The van der Waals surface area contributed by atoms with Gasteiger partial charge in [-0.1, -0.05) is 0 Å². The third-order valence-corrected chi connectivity index (χ3v) is 5.82. The van der Waals surface area contributed by atoms with Crippen molar-refractivity contribution < 1.29 is 9.53 Å². The highest BCUT2D eigenvalue weighted by Gasteiger charge is 2.28. The number of piperidine rings is 1. The van der Waals surface area contributed by atoms with Gasteiger partial charge in [-0.2, -0.15) is 0 Å². The fourth-order valence-electron chi connectivity index (χ4n) is 4.52. The van der Waals surface area contributed by atoms with Gasteiger partial charge in [-0.25, -0.2) is 9.97 Å². The van der Waals surface area contributed by atoms with Gasteiger partial charge in [-0.3, -0.25) is 9.69 Å². The summed E-state index contributed by atoms with van der Waals surface area (Å²) in [4.78, 5) is 26.4. The second kappa shape index (κ2) is 8.20. The van der Waals surface area contributed by atoms with Crippen LogP contribution in [0.3, 0.4) is 0 Å². The number of rotatable bonds is 3. The van der Waals surface area contributed by atoms with Gasteiger partial charge in [0, 0.05) is 56.8 Å². The molecule has 4 rings (SSSR count). The molecule has 0 saturated carbocycles. The van der Waals surface area contributed by atoms with Gasteiger partial charge < -0.3 is 15.0 Å². The third kappa shape index (κ3) is 4.47. The lowest BCUT2D eigenvalue weighted by atomic mass is 9.98.